The number of amides is 1. The Balaban J connectivity index is 2.36. The number of carbonyl (C=O) groups excluding carboxylic acids is 1. The third kappa shape index (κ3) is 3.16. The molecule has 0 spiro atoms. The van der Waals surface area contributed by atoms with Gasteiger partial charge in [-0.05, 0) is 17.7 Å². The van der Waals surface area contributed by atoms with Crippen molar-refractivity contribution < 1.29 is 24.2 Å². The largest absolute Gasteiger partial charge is 0.497 e. The summed E-state index contributed by atoms with van der Waals surface area (Å²) in [5.74, 6) is -1.23. The molecule has 0 aliphatic carbocycles. The lowest BCUT2D eigenvalue weighted by Gasteiger charge is -2.27. The van der Waals surface area contributed by atoms with Crippen molar-refractivity contribution in [3.63, 3.8) is 0 Å². The molecule has 0 bridgehead atoms. The molecule has 1 N–H and O–H groups in total. The average Bonchev–Trinajstić information content (AvgIpc) is 2.82. The molecule has 1 saturated heterocycles. The number of methoxy groups -OCH3 is 2. The van der Waals surface area contributed by atoms with Gasteiger partial charge in [-0.15, -0.1) is 0 Å². The summed E-state index contributed by atoms with van der Waals surface area (Å²) in [6.45, 7) is 0.750. The van der Waals surface area contributed by atoms with Crippen molar-refractivity contribution in [3.8, 4) is 5.75 Å². The number of benzene rings is 1. The van der Waals surface area contributed by atoms with Gasteiger partial charge in [-0.2, -0.15) is 0 Å². The first-order valence-electron chi connectivity index (χ1n) is 6.73. The minimum absolute atomic E-state index is 0.0148. The van der Waals surface area contributed by atoms with Gasteiger partial charge >= 0.3 is 5.97 Å². The van der Waals surface area contributed by atoms with Crippen LogP contribution in [0.2, 0.25) is 0 Å². The van der Waals surface area contributed by atoms with E-state index in [1.807, 2.05) is 6.07 Å². The number of ether oxygens (including phenoxy) is 2. The van der Waals surface area contributed by atoms with E-state index in [4.69, 9.17) is 9.47 Å². The van der Waals surface area contributed by atoms with Crippen molar-refractivity contribution in [2.45, 2.75) is 12.5 Å². The number of carboxylic acid groups (broad SMARTS) is 1. The van der Waals surface area contributed by atoms with Crippen LogP contribution in [0.15, 0.2) is 24.3 Å². The van der Waals surface area contributed by atoms with Crippen LogP contribution in [-0.4, -0.2) is 49.3 Å². The Kier molecular flexibility index (Phi) is 4.80. The van der Waals surface area contributed by atoms with Gasteiger partial charge in [0.25, 0.3) is 0 Å². The van der Waals surface area contributed by atoms with Crippen LogP contribution in [0.4, 0.5) is 0 Å². The van der Waals surface area contributed by atoms with Gasteiger partial charge in [-0.3, -0.25) is 9.59 Å². The highest BCUT2D eigenvalue weighted by Gasteiger charge is 2.44. The number of hydrogen-bond donors (Lipinski definition) is 1. The molecule has 0 saturated carbocycles. The average molecular weight is 293 g/mol. The molecule has 1 aliphatic heterocycles. The van der Waals surface area contributed by atoms with Crippen molar-refractivity contribution in [2.24, 2.45) is 5.92 Å². The van der Waals surface area contributed by atoms with Crippen molar-refractivity contribution in [1.82, 2.24) is 4.90 Å². The van der Waals surface area contributed by atoms with E-state index in [-0.39, 0.29) is 12.3 Å². The minimum atomic E-state index is -0.962. The van der Waals surface area contributed by atoms with Crippen LogP contribution in [0, 0.1) is 5.92 Å². The van der Waals surface area contributed by atoms with E-state index in [1.165, 1.54) is 0 Å². The maximum atomic E-state index is 12.1. The zero-order valence-corrected chi connectivity index (χ0v) is 12.1. The van der Waals surface area contributed by atoms with E-state index in [0.29, 0.717) is 18.9 Å². The summed E-state index contributed by atoms with van der Waals surface area (Å²) in [5, 5.41) is 9.39. The molecular formula is C15H19NO5. The second-order valence-electron chi connectivity index (χ2n) is 4.95. The van der Waals surface area contributed by atoms with Crippen molar-refractivity contribution >= 4 is 11.9 Å². The molecule has 1 aromatic carbocycles. The summed E-state index contributed by atoms with van der Waals surface area (Å²) in [7, 11) is 3.10. The lowest BCUT2D eigenvalue weighted by atomic mass is 9.93. The molecule has 114 valence electrons. The maximum absolute atomic E-state index is 12.1. The molecule has 6 nitrogen and oxygen atoms in total. The van der Waals surface area contributed by atoms with E-state index in [9.17, 15) is 14.7 Å². The molecule has 6 heteroatoms. The molecule has 1 aliphatic rings. The SMILES string of the molecule is COCCN1C(=O)C[C@@H](C(=O)O)[C@@H]1c1cccc(OC)c1. The smallest absolute Gasteiger partial charge is 0.309 e. The first-order chi connectivity index (χ1) is 10.1. The number of nitrogens with zero attached hydrogens (tertiary/aromatic N) is 1. The zero-order chi connectivity index (χ0) is 15.4. The van der Waals surface area contributed by atoms with Gasteiger partial charge in [0.15, 0.2) is 0 Å². The van der Waals surface area contributed by atoms with Gasteiger partial charge in [0.2, 0.25) is 5.91 Å². The van der Waals surface area contributed by atoms with Gasteiger partial charge in [0.05, 0.1) is 25.7 Å². The van der Waals surface area contributed by atoms with Crippen molar-refractivity contribution in [3.05, 3.63) is 29.8 Å². The van der Waals surface area contributed by atoms with Gasteiger partial charge < -0.3 is 19.5 Å². The number of hydrogen-bond acceptors (Lipinski definition) is 4. The topological polar surface area (TPSA) is 76.1 Å². The highest BCUT2D eigenvalue weighted by atomic mass is 16.5. The Hall–Kier alpha value is -2.08. The van der Waals surface area contributed by atoms with E-state index in [0.717, 1.165) is 5.56 Å². The van der Waals surface area contributed by atoms with E-state index in [2.05, 4.69) is 0 Å². The normalized spacial score (nSPS) is 21.6. The fourth-order valence-corrected chi connectivity index (χ4v) is 2.70. The van der Waals surface area contributed by atoms with Gasteiger partial charge in [0, 0.05) is 20.1 Å². The van der Waals surface area contributed by atoms with Gasteiger partial charge in [-0.25, -0.2) is 0 Å². The molecule has 0 aromatic heterocycles. The Bertz CT molecular complexity index is 531. The summed E-state index contributed by atoms with van der Waals surface area (Å²) in [6, 6.07) is 6.70. The summed E-state index contributed by atoms with van der Waals surface area (Å²) in [6.07, 6.45) is 0.0148. The fourth-order valence-electron chi connectivity index (χ4n) is 2.70. The van der Waals surface area contributed by atoms with Crippen LogP contribution in [0.25, 0.3) is 0 Å². The zero-order valence-electron chi connectivity index (χ0n) is 12.1. The number of rotatable bonds is 6. The molecule has 1 heterocycles. The second-order valence-corrected chi connectivity index (χ2v) is 4.95. The number of carboxylic acids is 1. The summed E-state index contributed by atoms with van der Waals surface area (Å²) in [4.78, 5) is 25.2. The van der Waals surface area contributed by atoms with Crippen LogP contribution < -0.4 is 4.74 Å². The van der Waals surface area contributed by atoms with Crippen LogP contribution in [0.3, 0.4) is 0 Å². The van der Waals surface area contributed by atoms with E-state index >= 15 is 0 Å². The Morgan fingerprint density at radius 3 is 2.81 bits per heavy atom. The first-order valence-corrected chi connectivity index (χ1v) is 6.73. The fraction of sp³-hybridized carbons (Fsp3) is 0.467. The Morgan fingerprint density at radius 1 is 1.43 bits per heavy atom. The molecule has 0 unspecified atom stereocenters. The van der Waals surface area contributed by atoms with Crippen LogP contribution >= 0.6 is 0 Å². The van der Waals surface area contributed by atoms with Gasteiger partial charge in [0.1, 0.15) is 5.75 Å². The molecule has 1 amide bonds. The number of carbonyl (C=O) groups is 2. The number of likely N-dealkylation sites (tertiary alicyclic amines) is 1. The van der Waals surface area contributed by atoms with Gasteiger partial charge in [-0.1, -0.05) is 12.1 Å². The third-order valence-corrected chi connectivity index (χ3v) is 3.72. The highest BCUT2D eigenvalue weighted by Crippen LogP contribution is 2.39. The molecule has 1 aromatic rings. The van der Waals surface area contributed by atoms with Crippen molar-refractivity contribution in [1.29, 1.82) is 0 Å². The van der Waals surface area contributed by atoms with Crippen LogP contribution in [0.1, 0.15) is 18.0 Å². The molecular weight excluding hydrogens is 274 g/mol. The molecule has 21 heavy (non-hydrogen) atoms. The molecule has 2 rings (SSSR count). The predicted molar refractivity (Wildman–Crippen MR) is 75.1 cm³/mol. The van der Waals surface area contributed by atoms with E-state index < -0.39 is 17.9 Å². The van der Waals surface area contributed by atoms with Crippen LogP contribution in [-0.2, 0) is 14.3 Å². The summed E-state index contributed by atoms with van der Waals surface area (Å²) >= 11 is 0. The van der Waals surface area contributed by atoms with Crippen molar-refractivity contribution in [2.75, 3.05) is 27.4 Å². The Morgan fingerprint density at radius 2 is 2.19 bits per heavy atom. The summed E-state index contributed by atoms with van der Waals surface area (Å²) < 4.78 is 10.2. The quantitative estimate of drug-likeness (QED) is 0.856. The second kappa shape index (κ2) is 6.58. The molecule has 0 radical (unpaired) electrons. The third-order valence-electron chi connectivity index (χ3n) is 3.72. The summed E-state index contributed by atoms with van der Waals surface area (Å²) in [5.41, 5.74) is 0.767. The lowest BCUT2D eigenvalue weighted by Crippen LogP contribution is -2.33. The lowest BCUT2D eigenvalue weighted by molar-refractivity contribution is -0.142. The predicted octanol–water partition coefficient (Wildman–Crippen LogP) is 1.32. The van der Waals surface area contributed by atoms with E-state index in [1.54, 1.807) is 37.3 Å². The first kappa shape index (κ1) is 15.3. The minimum Gasteiger partial charge on any atom is -0.497 e. The maximum Gasteiger partial charge on any atom is 0.309 e. The highest BCUT2D eigenvalue weighted by molar-refractivity contribution is 5.87. The monoisotopic (exact) mass is 293 g/mol. The standard InChI is InChI=1S/C15H19NO5/c1-20-7-6-16-13(17)9-12(15(18)19)14(16)10-4-3-5-11(8-10)21-2/h3-5,8,12,14H,6-7,9H2,1-2H3,(H,18,19)/t12-,14+/m1/s1. The molecule has 1 fully saturated rings. The number of aliphatic carboxylic acids is 1. The Labute approximate surface area is 123 Å². The molecule has 2 atom stereocenters. The van der Waals surface area contributed by atoms with Crippen LogP contribution in [0.5, 0.6) is 5.75 Å².